The van der Waals surface area contributed by atoms with Crippen LogP contribution in [0.25, 0.3) is 0 Å². The van der Waals surface area contributed by atoms with Gasteiger partial charge in [-0.25, -0.2) is 0 Å². The summed E-state index contributed by atoms with van der Waals surface area (Å²) in [4.78, 5) is 0.00546. The van der Waals surface area contributed by atoms with E-state index in [0.29, 0.717) is 0 Å². The summed E-state index contributed by atoms with van der Waals surface area (Å²) in [6.07, 6.45) is 46.2. The van der Waals surface area contributed by atoms with Crippen LogP contribution in [0.3, 0.4) is 0 Å². The molecule has 0 radical (unpaired) electrons. The number of benzene rings is 1. The Bertz CT molecular complexity index is 835. The van der Waals surface area contributed by atoms with Crippen LogP contribution in [0.1, 0.15) is 218 Å². The summed E-state index contributed by atoms with van der Waals surface area (Å²) < 4.78 is 31.7. The molecule has 0 saturated heterocycles. The molecule has 0 aliphatic rings. The highest BCUT2D eigenvalue weighted by Gasteiger charge is 2.09. The number of hydrogen-bond donors (Lipinski definition) is 1. The third-order valence-electron chi connectivity index (χ3n) is 9.52. The van der Waals surface area contributed by atoms with Crippen molar-refractivity contribution in [2.45, 2.75) is 224 Å². The Morgan fingerprint density at radius 1 is 0.432 bits per heavy atom. The van der Waals surface area contributed by atoms with Gasteiger partial charge in [-0.15, -0.1) is 0 Å². The highest BCUT2D eigenvalue weighted by Crippen LogP contribution is 2.18. The second-order valence-corrected chi connectivity index (χ2v) is 15.3. The second kappa shape index (κ2) is 30.8. The fourth-order valence-electron chi connectivity index (χ4n) is 6.57. The van der Waals surface area contributed by atoms with Crippen molar-refractivity contribution in [3.8, 4) is 0 Å². The van der Waals surface area contributed by atoms with Crippen LogP contribution in [-0.4, -0.2) is 13.0 Å². The predicted octanol–water partition coefficient (Wildman–Crippen LogP) is 14.0. The predicted molar refractivity (Wildman–Crippen MR) is 193 cm³/mol. The summed E-state index contributed by atoms with van der Waals surface area (Å²) in [6, 6.07) is 6.69. The van der Waals surface area contributed by atoms with Crippen LogP contribution in [0, 0.1) is 0 Å². The second-order valence-electron chi connectivity index (χ2n) is 13.8. The molecule has 0 unspecified atom stereocenters. The number of unbranched alkanes of at least 4 members (excludes halogenated alkanes) is 31. The van der Waals surface area contributed by atoms with E-state index in [9.17, 15) is 13.0 Å². The molecule has 0 aromatic heterocycles. The van der Waals surface area contributed by atoms with E-state index in [1.165, 1.54) is 205 Å². The molecular formula is C40H74O3S. The molecular weight excluding hydrogens is 561 g/mol. The maximum absolute atomic E-state index is 11.3. The van der Waals surface area contributed by atoms with Gasteiger partial charge in [0.1, 0.15) is 0 Å². The summed E-state index contributed by atoms with van der Waals surface area (Å²) >= 11 is 0. The average Bonchev–Trinajstić information content (AvgIpc) is 3.01. The molecule has 0 aliphatic heterocycles. The maximum Gasteiger partial charge on any atom is 0.294 e. The fourth-order valence-corrected chi connectivity index (χ4v) is 7.12. The van der Waals surface area contributed by atoms with Crippen molar-refractivity contribution in [1.82, 2.24) is 0 Å². The zero-order valence-corrected chi connectivity index (χ0v) is 30.1. The first-order chi connectivity index (χ1) is 21.5. The minimum atomic E-state index is -4.10. The molecule has 258 valence electrons. The minimum absolute atomic E-state index is 0.00546. The molecule has 0 fully saturated rings. The molecule has 0 heterocycles. The van der Waals surface area contributed by atoms with E-state index in [4.69, 9.17) is 0 Å². The van der Waals surface area contributed by atoms with Gasteiger partial charge in [-0.05, 0) is 30.5 Å². The van der Waals surface area contributed by atoms with Gasteiger partial charge in [-0.2, -0.15) is 8.42 Å². The quantitative estimate of drug-likeness (QED) is 0.0606. The summed E-state index contributed by atoms with van der Waals surface area (Å²) in [5.74, 6) is 0. The average molecular weight is 635 g/mol. The lowest BCUT2D eigenvalue weighted by atomic mass is 10.0. The topological polar surface area (TPSA) is 54.4 Å². The van der Waals surface area contributed by atoms with Crippen molar-refractivity contribution in [3.05, 3.63) is 29.8 Å². The van der Waals surface area contributed by atoms with Crippen LogP contribution in [0.15, 0.2) is 29.2 Å². The Hall–Kier alpha value is -0.870. The Morgan fingerprint density at radius 3 is 0.977 bits per heavy atom. The summed E-state index contributed by atoms with van der Waals surface area (Å²) in [6.45, 7) is 2.30. The monoisotopic (exact) mass is 635 g/mol. The smallest absolute Gasteiger partial charge is 0.282 e. The van der Waals surface area contributed by atoms with E-state index >= 15 is 0 Å². The van der Waals surface area contributed by atoms with Crippen LogP contribution in [0.2, 0.25) is 0 Å². The highest BCUT2D eigenvalue weighted by atomic mass is 32.2. The molecule has 0 bridgehead atoms. The molecule has 1 aromatic carbocycles. The lowest BCUT2D eigenvalue weighted by Gasteiger charge is -2.05. The van der Waals surface area contributed by atoms with Crippen molar-refractivity contribution in [1.29, 1.82) is 0 Å². The standard InChI is InChI=1S/C40H74O3S/c1-2-3-4-5-6-7-8-9-10-11-12-13-14-15-16-17-18-19-20-21-22-23-24-25-26-27-28-29-30-31-32-33-35-39-36-34-37-40(38-39)44(41,42)43/h34,36-38H,2-33,35H2,1H3,(H,41,42,43). The first-order valence-electron chi connectivity index (χ1n) is 19.6. The van der Waals surface area contributed by atoms with E-state index in [-0.39, 0.29) is 4.90 Å². The zero-order chi connectivity index (χ0) is 31.8. The molecule has 0 atom stereocenters. The molecule has 4 heteroatoms. The highest BCUT2D eigenvalue weighted by molar-refractivity contribution is 7.85. The van der Waals surface area contributed by atoms with Gasteiger partial charge in [-0.1, -0.05) is 218 Å². The van der Waals surface area contributed by atoms with E-state index < -0.39 is 10.1 Å². The van der Waals surface area contributed by atoms with Gasteiger partial charge in [0.25, 0.3) is 10.1 Å². The molecule has 1 aromatic rings. The summed E-state index contributed by atoms with van der Waals surface area (Å²) in [5, 5.41) is 0. The molecule has 1 N–H and O–H groups in total. The number of hydrogen-bond acceptors (Lipinski definition) is 2. The van der Waals surface area contributed by atoms with Crippen LogP contribution >= 0.6 is 0 Å². The van der Waals surface area contributed by atoms with Crippen molar-refractivity contribution in [2.75, 3.05) is 0 Å². The van der Waals surface area contributed by atoms with E-state index in [0.717, 1.165) is 18.4 Å². The normalized spacial score (nSPS) is 11.9. The van der Waals surface area contributed by atoms with Crippen LogP contribution in [-0.2, 0) is 16.5 Å². The molecule has 44 heavy (non-hydrogen) atoms. The minimum Gasteiger partial charge on any atom is -0.282 e. The van der Waals surface area contributed by atoms with Crippen LogP contribution in [0.4, 0.5) is 0 Å². The molecule has 0 amide bonds. The lowest BCUT2D eigenvalue weighted by molar-refractivity contribution is 0.483. The number of rotatable bonds is 34. The summed E-state index contributed by atoms with van der Waals surface area (Å²) in [5.41, 5.74) is 0.991. The van der Waals surface area contributed by atoms with Gasteiger partial charge in [-0.3, -0.25) is 4.55 Å². The SMILES string of the molecule is CCCCCCCCCCCCCCCCCCCCCCCCCCCCCCCCCCc1cccc(S(=O)(=O)O)c1. The van der Waals surface area contributed by atoms with Crippen molar-refractivity contribution < 1.29 is 13.0 Å². The Kier molecular flexibility index (Phi) is 28.8. The Morgan fingerprint density at radius 2 is 0.705 bits per heavy atom. The van der Waals surface area contributed by atoms with E-state index in [1.54, 1.807) is 12.1 Å². The largest absolute Gasteiger partial charge is 0.294 e. The van der Waals surface area contributed by atoms with Crippen LogP contribution in [0.5, 0.6) is 0 Å². The van der Waals surface area contributed by atoms with Crippen molar-refractivity contribution >= 4 is 10.1 Å². The third kappa shape index (κ3) is 27.4. The molecule has 3 nitrogen and oxygen atoms in total. The van der Waals surface area contributed by atoms with E-state index in [1.807, 2.05) is 6.07 Å². The van der Waals surface area contributed by atoms with Gasteiger partial charge in [0, 0.05) is 0 Å². The molecule has 0 spiro atoms. The maximum atomic E-state index is 11.3. The van der Waals surface area contributed by atoms with Gasteiger partial charge < -0.3 is 0 Å². The lowest BCUT2D eigenvalue weighted by Crippen LogP contribution is -1.98. The van der Waals surface area contributed by atoms with Crippen LogP contribution < -0.4 is 0 Å². The van der Waals surface area contributed by atoms with Gasteiger partial charge in [0.05, 0.1) is 4.90 Å². The third-order valence-corrected chi connectivity index (χ3v) is 10.4. The van der Waals surface area contributed by atoms with Gasteiger partial charge >= 0.3 is 0 Å². The van der Waals surface area contributed by atoms with Gasteiger partial charge in [0.15, 0.2) is 0 Å². The Labute approximate surface area is 275 Å². The summed E-state index contributed by atoms with van der Waals surface area (Å²) in [7, 11) is -4.10. The fraction of sp³-hybridized carbons (Fsp3) is 0.850. The zero-order valence-electron chi connectivity index (χ0n) is 29.3. The molecule has 0 aliphatic carbocycles. The first-order valence-corrected chi connectivity index (χ1v) is 21.0. The molecule has 0 saturated carbocycles. The van der Waals surface area contributed by atoms with Crippen molar-refractivity contribution in [3.63, 3.8) is 0 Å². The van der Waals surface area contributed by atoms with Crippen molar-refractivity contribution in [2.24, 2.45) is 0 Å². The Balaban J connectivity index is 1.69. The first kappa shape index (κ1) is 41.2. The molecule has 1 rings (SSSR count). The van der Waals surface area contributed by atoms with E-state index in [2.05, 4.69) is 6.92 Å². The van der Waals surface area contributed by atoms with Gasteiger partial charge in [0.2, 0.25) is 0 Å². The number of aryl methyl sites for hydroxylation is 1.